The molecule has 1 aliphatic carbocycles. The van der Waals surface area contributed by atoms with Gasteiger partial charge in [0.2, 0.25) is 0 Å². The second-order valence-electron chi connectivity index (χ2n) is 6.88. The summed E-state index contributed by atoms with van der Waals surface area (Å²) in [6.45, 7) is 0.512. The number of methoxy groups -OCH3 is 1. The summed E-state index contributed by atoms with van der Waals surface area (Å²) in [4.78, 5) is 37.0. The average Bonchev–Trinajstić information content (AvgIpc) is 3.25. The highest BCUT2D eigenvalue weighted by Crippen LogP contribution is 2.46. The van der Waals surface area contributed by atoms with E-state index in [0.717, 1.165) is 5.56 Å². The van der Waals surface area contributed by atoms with E-state index in [1.807, 2.05) is 30.3 Å². The molecule has 2 atom stereocenters. The second kappa shape index (κ2) is 7.38. The number of imidazole rings is 1. The molecule has 2 heterocycles. The van der Waals surface area contributed by atoms with Crippen molar-refractivity contribution in [2.24, 2.45) is 5.92 Å². The minimum absolute atomic E-state index is 0.108. The Kier molecular flexibility index (Phi) is 4.75. The number of nitrogens with two attached hydrogens (primary N) is 1. The molecule has 4 rings (SSSR count). The maximum Gasteiger partial charge on any atom is 0.408 e. The van der Waals surface area contributed by atoms with Crippen molar-refractivity contribution in [2.45, 2.75) is 25.1 Å². The number of nitrogens with zero attached hydrogens (tertiary/aromatic N) is 4. The second-order valence-corrected chi connectivity index (χ2v) is 6.88. The number of carbonyl (C=O) groups is 2. The first-order valence-corrected chi connectivity index (χ1v) is 9.02. The van der Waals surface area contributed by atoms with Crippen molar-refractivity contribution in [1.82, 2.24) is 24.8 Å². The van der Waals surface area contributed by atoms with Crippen LogP contribution < -0.4 is 11.1 Å². The number of benzene rings is 1. The van der Waals surface area contributed by atoms with E-state index in [4.69, 9.17) is 15.2 Å². The fourth-order valence-electron chi connectivity index (χ4n) is 3.40. The molecule has 0 spiro atoms. The zero-order valence-electron chi connectivity index (χ0n) is 15.7. The lowest BCUT2D eigenvalue weighted by molar-refractivity contribution is -0.144. The summed E-state index contributed by atoms with van der Waals surface area (Å²) in [6, 6.07) is 9.29. The molecule has 1 aliphatic rings. The summed E-state index contributed by atoms with van der Waals surface area (Å²) >= 11 is 0. The molecule has 1 saturated carbocycles. The highest BCUT2D eigenvalue weighted by Gasteiger charge is 2.62. The molecule has 1 aromatic carbocycles. The first-order valence-electron chi connectivity index (χ1n) is 9.02. The first-order chi connectivity index (χ1) is 14.0. The van der Waals surface area contributed by atoms with Crippen molar-refractivity contribution in [1.29, 1.82) is 0 Å². The number of hydrogen-bond acceptors (Lipinski definition) is 8. The summed E-state index contributed by atoms with van der Waals surface area (Å²) in [6.07, 6.45) is 2.68. The number of nitrogen functional groups attached to an aromatic ring is 1. The van der Waals surface area contributed by atoms with Crippen LogP contribution in [-0.2, 0) is 27.4 Å². The number of carbonyl (C=O) groups excluding carboxylic acids is 2. The maximum absolute atomic E-state index is 12.4. The molecule has 0 aliphatic heterocycles. The molecule has 2 aromatic heterocycles. The Bertz CT molecular complexity index is 1050. The monoisotopic (exact) mass is 396 g/mol. The number of aromatic nitrogens is 4. The predicted molar refractivity (Wildman–Crippen MR) is 102 cm³/mol. The van der Waals surface area contributed by atoms with Gasteiger partial charge in [-0.05, 0) is 12.0 Å². The van der Waals surface area contributed by atoms with Gasteiger partial charge in [-0.2, -0.15) is 0 Å². The van der Waals surface area contributed by atoms with Gasteiger partial charge in [0.05, 0.1) is 13.4 Å². The molecule has 0 saturated heterocycles. The van der Waals surface area contributed by atoms with Gasteiger partial charge in [0, 0.05) is 12.5 Å². The molecular weight excluding hydrogens is 376 g/mol. The number of anilines is 1. The smallest absolute Gasteiger partial charge is 0.408 e. The number of rotatable bonds is 6. The average molecular weight is 396 g/mol. The standard InChI is InChI=1S/C19H20N6O4/c1-28-17(26)19(24-18(27)29-9-12-5-3-2-4-6-12)7-13(19)8-25-11-23-14-15(20)21-10-22-16(14)25/h2-6,10-11,13H,7-9H2,1H3,(H,24,27)(H2,20,21,22)/t13-,19-/m0/s1. The molecule has 1 fully saturated rings. The summed E-state index contributed by atoms with van der Waals surface area (Å²) in [5.74, 6) is -0.433. The van der Waals surface area contributed by atoms with Crippen LogP contribution in [0.15, 0.2) is 43.0 Å². The number of esters is 1. The van der Waals surface area contributed by atoms with Gasteiger partial charge in [-0.15, -0.1) is 0 Å². The number of fused-ring (bicyclic) bond motifs is 1. The Balaban J connectivity index is 1.45. The number of alkyl carbamates (subject to hydrolysis) is 1. The molecule has 10 heteroatoms. The molecule has 3 aromatic rings. The topological polar surface area (TPSA) is 134 Å². The fraction of sp³-hybridized carbons (Fsp3) is 0.316. The third kappa shape index (κ3) is 3.56. The van der Waals surface area contributed by atoms with E-state index in [-0.39, 0.29) is 18.3 Å². The predicted octanol–water partition coefficient (Wildman–Crippen LogP) is 1.27. The molecule has 0 bridgehead atoms. The minimum Gasteiger partial charge on any atom is -0.467 e. The van der Waals surface area contributed by atoms with E-state index >= 15 is 0 Å². The van der Waals surface area contributed by atoms with Crippen LogP contribution in [0.5, 0.6) is 0 Å². The number of amides is 1. The van der Waals surface area contributed by atoms with E-state index in [1.54, 1.807) is 10.9 Å². The molecule has 0 radical (unpaired) electrons. The van der Waals surface area contributed by atoms with Gasteiger partial charge in [0.25, 0.3) is 0 Å². The Morgan fingerprint density at radius 3 is 2.83 bits per heavy atom. The molecule has 29 heavy (non-hydrogen) atoms. The van der Waals surface area contributed by atoms with Crippen molar-refractivity contribution in [2.75, 3.05) is 12.8 Å². The normalized spacial score (nSPS) is 20.2. The first kappa shape index (κ1) is 18.7. The quantitative estimate of drug-likeness (QED) is 0.595. The number of nitrogens with one attached hydrogen (secondary N) is 1. The van der Waals surface area contributed by atoms with Crippen LogP contribution in [0, 0.1) is 5.92 Å². The largest absolute Gasteiger partial charge is 0.467 e. The van der Waals surface area contributed by atoms with Gasteiger partial charge < -0.3 is 25.1 Å². The van der Waals surface area contributed by atoms with Crippen LogP contribution in [-0.4, -0.2) is 44.2 Å². The Hall–Kier alpha value is -3.69. The highest BCUT2D eigenvalue weighted by molar-refractivity contribution is 5.89. The Labute approximate surface area is 166 Å². The van der Waals surface area contributed by atoms with Gasteiger partial charge in [-0.1, -0.05) is 30.3 Å². The number of hydrogen-bond donors (Lipinski definition) is 2. The lowest BCUT2D eigenvalue weighted by Gasteiger charge is -2.17. The van der Waals surface area contributed by atoms with Gasteiger partial charge in [0.15, 0.2) is 11.5 Å². The van der Waals surface area contributed by atoms with Crippen molar-refractivity contribution < 1.29 is 19.1 Å². The maximum atomic E-state index is 12.4. The van der Waals surface area contributed by atoms with E-state index in [2.05, 4.69) is 20.3 Å². The Morgan fingerprint density at radius 1 is 1.28 bits per heavy atom. The molecule has 150 valence electrons. The molecular formula is C19H20N6O4. The fourth-order valence-corrected chi connectivity index (χ4v) is 3.40. The van der Waals surface area contributed by atoms with E-state index in [1.165, 1.54) is 13.4 Å². The molecule has 3 N–H and O–H groups in total. The van der Waals surface area contributed by atoms with Crippen LogP contribution in [0.3, 0.4) is 0 Å². The van der Waals surface area contributed by atoms with Crippen LogP contribution in [0.2, 0.25) is 0 Å². The van der Waals surface area contributed by atoms with Crippen molar-refractivity contribution in [3.63, 3.8) is 0 Å². The van der Waals surface area contributed by atoms with Crippen molar-refractivity contribution in [3.8, 4) is 0 Å². The summed E-state index contributed by atoms with van der Waals surface area (Å²) < 4.78 is 11.9. The van der Waals surface area contributed by atoms with Crippen LogP contribution in [0.1, 0.15) is 12.0 Å². The lowest BCUT2D eigenvalue weighted by atomic mass is 10.2. The van der Waals surface area contributed by atoms with Gasteiger partial charge in [-0.25, -0.2) is 24.5 Å². The zero-order chi connectivity index (χ0) is 20.4. The van der Waals surface area contributed by atoms with E-state index in [0.29, 0.717) is 24.1 Å². The van der Waals surface area contributed by atoms with Gasteiger partial charge in [-0.3, -0.25) is 0 Å². The van der Waals surface area contributed by atoms with Crippen molar-refractivity contribution >= 4 is 29.0 Å². The SMILES string of the molecule is COC(=O)[C@]1(NC(=O)OCc2ccccc2)C[C@H]1Cn1cnc2c(N)ncnc21. The highest BCUT2D eigenvalue weighted by atomic mass is 16.6. The van der Waals surface area contributed by atoms with Gasteiger partial charge in [0.1, 0.15) is 24.0 Å². The van der Waals surface area contributed by atoms with E-state index < -0.39 is 17.6 Å². The Morgan fingerprint density at radius 2 is 2.07 bits per heavy atom. The third-order valence-electron chi connectivity index (χ3n) is 5.04. The van der Waals surface area contributed by atoms with Crippen LogP contribution >= 0.6 is 0 Å². The zero-order valence-corrected chi connectivity index (χ0v) is 15.7. The third-order valence-corrected chi connectivity index (χ3v) is 5.04. The molecule has 1 amide bonds. The summed E-state index contributed by atoms with van der Waals surface area (Å²) in [5, 5.41) is 2.68. The number of ether oxygens (including phenoxy) is 2. The molecule has 10 nitrogen and oxygen atoms in total. The van der Waals surface area contributed by atoms with E-state index in [9.17, 15) is 9.59 Å². The molecule has 0 unspecified atom stereocenters. The van der Waals surface area contributed by atoms with Crippen molar-refractivity contribution in [3.05, 3.63) is 48.5 Å². The van der Waals surface area contributed by atoms with Crippen LogP contribution in [0.4, 0.5) is 10.6 Å². The summed E-state index contributed by atoms with van der Waals surface area (Å²) in [7, 11) is 1.29. The minimum atomic E-state index is -1.14. The van der Waals surface area contributed by atoms with Gasteiger partial charge >= 0.3 is 12.1 Å². The summed E-state index contributed by atoms with van der Waals surface area (Å²) in [5.41, 5.74) is 6.58. The lowest BCUT2D eigenvalue weighted by Crippen LogP contribution is -2.46. The van der Waals surface area contributed by atoms with Crippen LogP contribution in [0.25, 0.3) is 11.2 Å².